The molecule has 0 atom stereocenters. The van der Waals surface area contributed by atoms with E-state index in [1.54, 1.807) is 23.7 Å². The lowest BCUT2D eigenvalue weighted by molar-refractivity contribution is 0.466. The zero-order valence-electron chi connectivity index (χ0n) is 10.5. The lowest BCUT2D eigenvalue weighted by Gasteiger charge is -1.97. The predicted octanol–water partition coefficient (Wildman–Crippen LogP) is 3.29. The van der Waals surface area contributed by atoms with Crippen LogP contribution in [0, 0.1) is 0 Å². The fraction of sp³-hybridized carbons (Fsp3) is 0. The molecule has 4 heterocycles. The van der Waals surface area contributed by atoms with Crippen molar-refractivity contribution in [2.45, 2.75) is 10.2 Å². The molecule has 0 fully saturated rings. The molecule has 0 aliphatic rings. The lowest BCUT2D eigenvalue weighted by Crippen LogP contribution is -1.87. The van der Waals surface area contributed by atoms with Crippen molar-refractivity contribution in [2.75, 3.05) is 0 Å². The van der Waals surface area contributed by atoms with Gasteiger partial charge < -0.3 is 4.42 Å². The summed E-state index contributed by atoms with van der Waals surface area (Å²) >= 11 is 2.86. The topological polar surface area (TPSA) is 77.6 Å². The second kappa shape index (κ2) is 5.23. The second-order valence-electron chi connectivity index (χ2n) is 4.00. The molecular formula is C13H7N5OS2. The van der Waals surface area contributed by atoms with Crippen molar-refractivity contribution < 1.29 is 4.42 Å². The van der Waals surface area contributed by atoms with E-state index in [0.29, 0.717) is 16.8 Å². The first-order valence-electron chi connectivity index (χ1n) is 6.01. The summed E-state index contributed by atoms with van der Waals surface area (Å²) in [4.78, 5) is 13.7. The van der Waals surface area contributed by atoms with Crippen molar-refractivity contribution in [3.05, 3.63) is 42.0 Å². The van der Waals surface area contributed by atoms with Crippen LogP contribution in [0.2, 0.25) is 0 Å². The summed E-state index contributed by atoms with van der Waals surface area (Å²) in [5.74, 6) is 0.521. The summed E-state index contributed by atoms with van der Waals surface area (Å²) < 4.78 is 5.62. The molecule has 6 nitrogen and oxygen atoms in total. The first kappa shape index (κ1) is 12.4. The molecule has 0 amide bonds. The Morgan fingerprint density at radius 2 is 2.00 bits per heavy atom. The number of rotatable bonds is 3. The number of aromatic nitrogens is 5. The minimum absolute atomic E-state index is 0.453. The molecule has 4 aromatic rings. The third kappa shape index (κ3) is 2.50. The van der Waals surface area contributed by atoms with Gasteiger partial charge in [0.2, 0.25) is 0 Å². The SMILES string of the molecule is c1csc(-c2nnc(Sc3ccc4nccnc4n3)o2)c1. The molecule has 0 saturated carbocycles. The molecule has 0 bridgehead atoms. The van der Waals surface area contributed by atoms with Crippen LogP contribution >= 0.6 is 23.1 Å². The first-order chi connectivity index (χ1) is 10.4. The van der Waals surface area contributed by atoms with E-state index in [1.807, 2.05) is 29.6 Å². The monoisotopic (exact) mass is 313 g/mol. The average Bonchev–Trinajstić information content (AvgIpc) is 3.18. The summed E-state index contributed by atoms with van der Waals surface area (Å²) in [6.45, 7) is 0. The van der Waals surface area contributed by atoms with Crippen LogP contribution in [0.1, 0.15) is 0 Å². The third-order valence-corrected chi connectivity index (χ3v) is 4.27. The molecule has 0 saturated heterocycles. The molecule has 0 spiro atoms. The van der Waals surface area contributed by atoms with Crippen LogP contribution in [-0.2, 0) is 0 Å². The summed E-state index contributed by atoms with van der Waals surface area (Å²) in [5.41, 5.74) is 1.35. The predicted molar refractivity (Wildman–Crippen MR) is 79.1 cm³/mol. The van der Waals surface area contributed by atoms with E-state index in [-0.39, 0.29) is 0 Å². The maximum atomic E-state index is 5.62. The smallest absolute Gasteiger partial charge is 0.283 e. The number of nitrogens with zero attached hydrogens (tertiary/aromatic N) is 5. The largest absolute Gasteiger partial charge is 0.410 e. The van der Waals surface area contributed by atoms with Crippen LogP contribution in [0.15, 0.2) is 56.7 Å². The van der Waals surface area contributed by atoms with Crippen molar-refractivity contribution in [1.82, 2.24) is 25.1 Å². The molecule has 8 heteroatoms. The van der Waals surface area contributed by atoms with E-state index in [4.69, 9.17) is 4.42 Å². The quantitative estimate of drug-likeness (QED) is 0.574. The van der Waals surface area contributed by atoms with Gasteiger partial charge in [0, 0.05) is 12.4 Å². The zero-order chi connectivity index (χ0) is 14.1. The minimum Gasteiger partial charge on any atom is -0.410 e. The van der Waals surface area contributed by atoms with E-state index < -0.39 is 0 Å². The summed E-state index contributed by atoms with van der Waals surface area (Å²) in [6, 6.07) is 7.61. The Balaban J connectivity index is 1.62. The van der Waals surface area contributed by atoms with Crippen molar-refractivity contribution in [3.8, 4) is 10.8 Å². The molecule has 0 unspecified atom stereocenters. The van der Waals surface area contributed by atoms with Crippen LogP contribution in [0.25, 0.3) is 21.9 Å². The van der Waals surface area contributed by atoms with Crippen LogP contribution in [-0.4, -0.2) is 25.1 Å². The Morgan fingerprint density at radius 1 is 1.05 bits per heavy atom. The number of hydrogen-bond donors (Lipinski definition) is 0. The molecule has 0 aromatic carbocycles. The number of fused-ring (bicyclic) bond motifs is 1. The zero-order valence-corrected chi connectivity index (χ0v) is 12.1. The normalized spacial score (nSPS) is 11.0. The van der Waals surface area contributed by atoms with E-state index >= 15 is 0 Å². The van der Waals surface area contributed by atoms with Gasteiger partial charge >= 0.3 is 0 Å². The molecular weight excluding hydrogens is 306 g/mol. The highest BCUT2D eigenvalue weighted by Crippen LogP contribution is 2.30. The van der Waals surface area contributed by atoms with Gasteiger partial charge in [-0.15, -0.1) is 21.5 Å². The van der Waals surface area contributed by atoms with Gasteiger partial charge in [-0.1, -0.05) is 6.07 Å². The van der Waals surface area contributed by atoms with Crippen molar-refractivity contribution in [3.63, 3.8) is 0 Å². The van der Waals surface area contributed by atoms with Gasteiger partial charge in [0.1, 0.15) is 10.5 Å². The highest BCUT2D eigenvalue weighted by molar-refractivity contribution is 7.99. The molecule has 0 radical (unpaired) electrons. The van der Waals surface area contributed by atoms with Crippen molar-refractivity contribution in [1.29, 1.82) is 0 Å². The molecule has 0 aliphatic heterocycles. The molecule has 0 aliphatic carbocycles. The van der Waals surface area contributed by atoms with Crippen LogP contribution in [0.4, 0.5) is 0 Å². The van der Waals surface area contributed by atoms with Crippen LogP contribution in [0.5, 0.6) is 0 Å². The van der Waals surface area contributed by atoms with E-state index in [9.17, 15) is 0 Å². The summed E-state index contributed by atoms with van der Waals surface area (Å²) in [5, 5.41) is 11.2. The fourth-order valence-corrected chi connectivity index (χ4v) is 3.03. The Labute approximate surface area is 127 Å². The average molecular weight is 313 g/mol. The Bertz CT molecular complexity index is 890. The Morgan fingerprint density at radius 3 is 2.90 bits per heavy atom. The van der Waals surface area contributed by atoms with Gasteiger partial charge in [-0.25, -0.2) is 9.97 Å². The molecule has 4 rings (SSSR count). The fourth-order valence-electron chi connectivity index (χ4n) is 1.73. The van der Waals surface area contributed by atoms with Gasteiger partial charge in [0.05, 0.1) is 4.88 Å². The Hall–Kier alpha value is -2.32. The van der Waals surface area contributed by atoms with E-state index in [1.165, 1.54) is 11.8 Å². The minimum atomic E-state index is 0.453. The van der Waals surface area contributed by atoms with E-state index in [0.717, 1.165) is 15.4 Å². The Kier molecular flexibility index (Phi) is 3.09. The number of hydrogen-bond acceptors (Lipinski definition) is 8. The van der Waals surface area contributed by atoms with Crippen molar-refractivity contribution in [2.24, 2.45) is 0 Å². The molecule has 21 heavy (non-hydrogen) atoms. The lowest BCUT2D eigenvalue weighted by atomic mass is 10.4. The first-order valence-corrected chi connectivity index (χ1v) is 7.71. The molecule has 4 aromatic heterocycles. The second-order valence-corrected chi connectivity index (χ2v) is 5.92. The maximum absolute atomic E-state index is 5.62. The highest BCUT2D eigenvalue weighted by Gasteiger charge is 2.11. The summed E-state index contributed by atoms with van der Waals surface area (Å²) in [7, 11) is 0. The standard InChI is InChI=1S/C13H7N5OS2/c1-2-9(20-7-1)12-17-18-13(19-12)21-10-4-3-8-11(16-10)15-6-5-14-8/h1-7H. The van der Waals surface area contributed by atoms with E-state index in [2.05, 4.69) is 25.1 Å². The van der Waals surface area contributed by atoms with Crippen molar-refractivity contribution >= 4 is 34.3 Å². The summed E-state index contributed by atoms with van der Waals surface area (Å²) in [6.07, 6.45) is 3.26. The van der Waals surface area contributed by atoms with Gasteiger partial charge in [0.15, 0.2) is 5.65 Å². The van der Waals surface area contributed by atoms with Crippen LogP contribution in [0.3, 0.4) is 0 Å². The van der Waals surface area contributed by atoms with Gasteiger partial charge in [-0.3, -0.25) is 4.98 Å². The molecule has 0 N–H and O–H groups in total. The number of thiophene rings is 1. The molecule has 102 valence electrons. The van der Waals surface area contributed by atoms with Crippen LogP contribution < -0.4 is 0 Å². The maximum Gasteiger partial charge on any atom is 0.283 e. The van der Waals surface area contributed by atoms with Gasteiger partial charge in [0.25, 0.3) is 11.1 Å². The van der Waals surface area contributed by atoms with Gasteiger partial charge in [-0.05, 0) is 35.3 Å². The van der Waals surface area contributed by atoms with Gasteiger partial charge in [-0.2, -0.15) is 0 Å². The third-order valence-electron chi connectivity index (χ3n) is 2.64. The number of pyridine rings is 1. The highest BCUT2D eigenvalue weighted by atomic mass is 32.2.